The predicted molar refractivity (Wildman–Crippen MR) is 79.9 cm³/mol. The third-order valence-electron chi connectivity index (χ3n) is 3.85. The maximum Gasteiger partial charge on any atom is 0.314 e. The van der Waals surface area contributed by atoms with Crippen molar-refractivity contribution in [3.8, 4) is 0 Å². The molecule has 5 nitrogen and oxygen atoms in total. The second kappa shape index (κ2) is 8.01. The first-order valence-corrected chi connectivity index (χ1v) is 7.74. The monoisotopic (exact) mass is 327 g/mol. The van der Waals surface area contributed by atoms with Crippen LogP contribution in [-0.2, 0) is 14.3 Å². The number of carbonyl (C=O) groups is 2. The maximum absolute atomic E-state index is 13.5. The molecule has 1 aromatic rings. The van der Waals surface area contributed by atoms with Crippen LogP contribution in [0, 0.1) is 17.6 Å². The van der Waals surface area contributed by atoms with E-state index in [1.54, 1.807) is 6.92 Å². The molecule has 0 bridgehead atoms. The molecule has 2 rings (SSSR count). The van der Waals surface area contributed by atoms with E-state index in [0.717, 1.165) is 42.5 Å². The smallest absolute Gasteiger partial charge is 0.314 e. The summed E-state index contributed by atoms with van der Waals surface area (Å²) in [7, 11) is 0. The number of anilines is 1. The van der Waals surface area contributed by atoms with Gasteiger partial charge in [0.15, 0.2) is 6.54 Å². The van der Waals surface area contributed by atoms with E-state index in [1.165, 1.54) is 0 Å². The molecule has 0 radical (unpaired) electrons. The summed E-state index contributed by atoms with van der Waals surface area (Å²) in [6.45, 7) is 3.47. The average molecular weight is 327 g/mol. The van der Waals surface area contributed by atoms with Crippen molar-refractivity contribution in [2.24, 2.45) is 5.92 Å². The average Bonchev–Trinajstić information content (AvgIpc) is 2.51. The zero-order valence-corrected chi connectivity index (χ0v) is 13.0. The summed E-state index contributed by atoms with van der Waals surface area (Å²) in [6, 6.07) is 2.90. The van der Waals surface area contributed by atoms with Crippen LogP contribution in [0.1, 0.15) is 19.8 Å². The number of rotatable bonds is 5. The maximum atomic E-state index is 13.5. The molecule has 0 spiro atoms. The summed E-state index contributed by atoms with van der Waals surface area (Å²) in [5, 5.41) is 2.38. The van der Waals surface area contributed by atoms with E-state index in [-0.39, 0.29) is 24.1 Å². The van der Waals surface area contributed by atoms with Gasteiger partial charge in [-0.2, -0.15) is 0 Å². The minimum atomic E-state index is -0.683. The fraction of sp³-hybridized carbons (Fsp3) is 0.500. The molecule has 23 heavy (non-hydrogen) atoms. The van der Waals surface area contributed by atoms with Gasteiger partial charge in [0.1, 0.15) is 17.6 Å². The first-order valence-electron chi connectivity index (χ1n) is 7.74. The Labute approximate surface area is 133 Å². The van der Waals surface area contributed by atoms with Gasteiger partial charge in [-0.25, -0.2) is 8.78 Å². The van der Waals surface area contributed by atoms with Crippen molar-refractivity contribution in [1.29, 1.82) is 0 Å². The number of nitrogens with one attached hydrogen (secondary N) is 2. The number of amides is 1. The zero-order valence-electron chi connectivity index (χ0n) is 13.0. The predicted octanol–water partition coefficient (Wildman–Crippen LogP) is 0.761. The Morgan fingerprint density at radius 3 is 2.91 bits per heavy atom. The summed E-state index contributed by atoms with van der Waals surface area (Å²) in [6.07, 6.45) is 1.57. The molecule has 2 atom stereocenters. The van der Waals surface area contributed by atoms with Gasteiger partial charge in [-0.05, 0) is 31.9 Å². The summed E-state index contributed by atoms with van der Waals surface area (Å²) >= 11 is 0. The lowest BCUT2D eigenvalue weighted by molar-refractivity contribution is -0.899. The molecular weight excluding hydrogens is 306 g/mol. The molecule has 7 heteroatoms. The van der Waals surface area contributed by atoms with Crippen LogP contribution in [0.25, 0.3) is 0 Å². The fourth-order valence-corrected chi connectivity index (χ4v) is 2.79. The first kappa shape index (κ1) is 17.3. The van der Waals surface area contributed by atoms with Gasteiger partial charge in [-0.1, -0.05) is 0 Å². The third-order valence-corrected chi connectivity index (χ3v) is 3.85. The van der Waals surface area contributed by atoms with E-state index < -0.39 is 17.5 Å². The highest BCUT2D eigenvalue weighted by Crippen LogP contribution is 2.15. The van der Waals surface area contributed by atoms with Crippen LogP contribution in [0.2, 0.25) is 0 Å². The van der Waals surface area contributed by atoms with Crippen LogP contribution in [0.3, 0.4) is 0 Å². The molecule has 2 N–H and O–H groups in total. The van der Waals surface area contributed by atoms with Crippen LogP contribution in [0.15, 0.2) is 18.2 Å². The fourth-order valence-electron chi connectivity index (χ4n) is 2.79. The first-order chi connectivity index (χ1) is 11.0. The highest BCUT2D eigenvalue weighted by atomic mass is 19.1. The summed E-state index contributed by atoms with van der Waals surface area (Å²) < 4.78 is 31.6. The highest BCUT2D eigenvalue weighted by molar-refractivity contribution is 5.91. The number of piperidine rings is 1. The molecule has 1 amide bonds. The highest BCUT2D eigenvalue weighted by Gasteiger charge is 2.30. The number of benzene rings is 1. The molecule has 1 aliphatic rings. The molecular formula is C16H21F2N2O3+. The Kier molecular flexibility index (Phi) is 6.04. The number of hydrogen-bond acceptors (Lipinski definition) is 3. The Balaban J connectivity index is 1.89. The molecule has 0 aliphatic carbocycles. The molecule has 1 aliphatic heterocycles. The largest absolute Gasteiger partial charge is 0.466 e. The molecule has 1 fully saturated rings. The second-order valence-electron chi connectivity index (χ2n) is 5.64. The lowest BCUT2D eigenvalue weighted by Gasteiger charge is -2.28. The zero-order chi connectivity index (χ0) is 16.8. The number of quaternary nitrogens is 1. The van der Waals surface area contributed by atoms with Gasteiger partial charge in [0.25, 0.3) is 5.91 Å². The van der Waals surface area contributed by atoms with Gasteiger partial charge in [0, 0.05) is 6.07 Å². The van der Waals surface area contributed by atoms with Crippen LogP contribution >= 0.6 is 0 Å². The van der Waals surface area contributed by atoms with Crippen LogP contribution in [0.5, 0.6) is 0 Å². The van der Waals surface area contributed by atoms with E-state index in [2.05, 4.69) is 5.32 Å². The van der Waals surface area contributed by atoms with Crippen molar-refractivity contribution in [2.45, 2.75) is 19.8 Å². The van der Waals surface area contributed by atoms with Crippen molar-refractivity contribution < 1.29 is 28.0 Å². The van der Waals surface area contributed by atoms with Gasteiger partial charge in [-0.15, -0.1) is 0 Å². The number of ether oxygens (including phenoxy) is 1. The van der Waals surface area contributed by atoms with Crippen molar-refractivity contribution >= 4 is 17.6 Å². The number of esters is 1. The molecule has 1 heterocycles. The topological polar surface area (TPSA) is 59.8 Å². The Morgan fingerprint density at radius 2 is 2.17 bits per heavy atom. The molecule has 1 aromatic carbocycles. The quantitative estimate of drug-likeness (QED) is 0.785. The Hall–Kier alpha value is -2.02. The van der Waals surface area contributed by atoms with E-state index in [0.29, 0.717) is 13.2 Å². The summed E-state index contributed by atoms with van der Waals surface area (Å²) in [4.78, 5) is 24.7. The van der Waals surface area contributed by atoms with E-state index in [9.17, 15) is 18.4 Å². The molecule has 1 unspecified atom stereocenters. The van der Waals surface area contributed by atoms with Gasteiger partial charge in [0.05, 0.1) is 25.4 Å². The van der Waals surface area contributed by atoms with Gasteiger partial charge in [-0.3, -0.25) is 9.59 Å². The van der Waals surface area contributed by atoms with Crippen molar-refractivity contribution in [3.63, 3.8) is 0 Å². The third kappa shape index (κ3) is 4.99. The van der Waals surface area contributed by atoms with Crippen LogP contribution in [-0.4, -0.2) is 38.1 Å². The normalized spacial score (nSPS) is 20.8. The van der Waals surface area contributed by atoms with E-state index >= 15 is 0 Å². The van der Waals surface area contributed by atoms with Crippen LogP contribution < -0.4 is 10.2 Å². The number of halogens is 2. The number of hydrogen-bond donors (Lipinski definition) is 2. The lowest BCUT2D eigenvalue weighted by Crippen LogP contribution is -3.14. The summed E-state index contributed by atoms with van der Waals surface area (Å²) in [5.74, 6) is -2.15. The SMILES string of the molecule is CCOC(=O)[C@@H]1CCC[NH+](CC(=O)Nc2cc(F)ccc2F)C1. The Morgan fingerprint density at radius 1 is 1.39 bits per heavy atom. The van der Waals surface area contributed by atoms with Gasteiger partial charge >= 0.3 is 5.97 Å². The number of likely N-dealkylation sites (tertiary alicyclic amines) is 1. The van der Waals surface area contributed by atoms with Gasteiger partial charge in [0.2, 0.25) is 0 Å². The van der Waals surface area contributed by atoms with Crippen molar-refractivity contribution in [2.75, 3.05) is 31.6 Å². The molecule has 0 aromatic heterocycles. The van der Waals surface area contributed by atoms with Crippen molar-refractivity contribution in [1.82, 2.24) is 0 Å². The molecule has 0 saturated carbocycles. The standard InChI is InChI=1S/C16H20F2N2O3/c1-2-23-16(22)11-4-3-7-20(9-11)10-15(21)19-14-8-12(17)5-6-13(14)18/h5-6,8,11H,2-4,7,9-10H2,1H3,(H,19,21)/p+1/t11-/m1/s1. The lowest BCUT2D eigenvalue weighted by atomic mass is 9.98. The van der Waals surface area contributed by atoms with Gasteiger partial charge < -0.3 is 15.0 Å². The molecule has 126 valence electrons. The number of carbonyl (C=O) groups excluding carboxylic acids is 2. The summed E-state index contributed by atoms with van der Waals surface area (Å²) in [5.41, 5.74) is -0.173. The minimum absolute atomic E-state index is 0.103. The van der Waals surface area contributed by atoms with Crippen LogP contribution in [0.4, 0.5) is 14.5 Å². The minimum Gasteiger partial charge on any atom is -0.466 e. The Bertz CT molecular complexity index is 580. The van der Waals surface area contributed by atoms with E-state index in [4.69, 9.17) is 4.74 Å². The second-order valence-corrected chi connectivity index (χ2v) is 5.64. The molecule has 1 saturated heterocycles. The van der Waals surface area contributed by atoms with Crippen molar-refractivity contribution in [3.05, 3.63) is 29.8 Å². The van der Waals surface area contributed by atoms with E-state index in [1.807, 2.05) is 0 Å².